The Kier molecular flexibility index (Phi) is 1.85. The van der Waals surface area contributed by atoms with Crippen LogP contribution in [0.2, 0.25) is 0 Å². The highest BCUT2D eigenvalue weighted by Gasteiger charge is 2.00. The quantitative estimate of drug-likeness (QED) is 0.716. The van der Waals surface area contributed by atoms with E-state index in [9.17, 15) is 0 Å². The van der Waals surface area contributed by atoms with Crippen LogP contribution in [0, 0.1) is 6.92 Å². The molecule has 1 heterocycles. The van der Waals surface area contributed by atoms with Crippen molar-refractivity contribution in [2.75, 3.05) is 12.4 Å². The summed E-state index contributed by atoms with van der Waals surface area (Å²) >= 11 is 0. The summed E-state index contributed by atoms with van der Waals surface area (Å²) in [4.78, 5) is 0. The summed E-state index contributed by atoms with van der Waals surface area (Å²) in [5, 5.41) is 13.2. The van der Waals surface area contributed by atoms with Crippen molar-refractivity contribution in [3.8, 4) is 0 Å². The molecule has 3 heteroatoms. The second-order valence-electron chi connectivity index (χ2n) is 3.03. The monoisotopic (exact) mass is 173 g/mol. The van der Waals surface area contributed by atoms with E-state index in [0.717, 1.165) is 16.6 Å². The van der Waals surface area contributed by atoms with E-state index in [4.69, 9.17) is 0 Å². The first kappa shape index (κ1) is 7.98. The van der Waals surface area contributed by atoms with Crippen LogP contribution < -0.4 is 5.32 Å². The predicted molar refractivity (Wildman–Crippen MR) is 53.8 cm³/mol. The van der Waals surface area contributed by atoms with Gasteiger partial charge in [0.15, 0.2) is 5.82 Å². The second kappa shape index (κ2) is 3.01. The van der Waals surface area contributed by atoms with Crippen LogP contribution in [-0.2, 0) is 0 Å². The third-order valence-electron chi connectivity index (χ3n) is 2.06. The minimum atomic E-state index is 0.834. The molecule has 0 saturated heterocycles. The van der Waals surface area contributed by atoms with Gasteiger partial charge in [-0.25, -0.2) is 0 Å². The number of aryl methyl sites for hydroxylation is 1. The van der Waals surface area contributed by atoms with Crippen molar-refractivity contribution < 1.29 is 0 Å². The minimum Gasteiger partial charge on any atom is -0.371 e. The highest BCUT2D eigenvalue weighted by molar-refractivity contribution is 5.91. The van der Waals surface area contributed by atoms with Crippen LogP contribution in [-0.4, -0.2) is 17.2 Å². The lowest BCUT2D eigenvalue weighted by molar-refractivity contribution is 1.05. The Morgan fingerprint density at radius 3 is 2.92 bits per heavy atom. The molecule has 0 fully saturated rings. The van der Waals surface area contributed by atoms with Gasteiger partial charge in [0.25, 0.3) is 0 Å². The van der Waals surface area contributed by atoms with Gasteiger partial charge in [-0.05, 0) is 13.0 Å². The number of rotatable bonds is 1. The maximum absolute atomic E-state index is 4.01. The molecule has 0 spiro atoms. The van der Waals surface area contributed by atoms with E-state index < -0.39 is 0 Å². The molecule has 0 aliphatic carbocycles. The fourth-order valence-corrected chi connectivity index (χ4v) is 1.38. The van der Waals surface area contributed by atoms with Crippen LogP contribution in [0.1, 0.15) is 5.56 Å². The molecule has 0 radical (unpaired) electrons. The van der Waals surface area contributed by atoms with Crippen molar-refractivity contribution in [3.05, 3.63) is 30.0 Å². The van der Waals surface area contributed by atoms with Crippen LogP contribution >= 0.6 is 0 Å². The van der Waals surface area contributed by atoms with E-state index in [-0.39, 0.29) is 0 Å². The Hall–Kier alpha value is -1.64. The van der Waals surface area contributed by atoms with Gasteiger partial charge in [0.05, 0.1) is 6.20 Å². The summed E-state index contributed by atoms with van der Waals surface area (Å²) in [5.74, 6) is 0.834. The van der Waals surface area contributed by atoms with Gasteiger partial charge < -0.3 is 5.32 Å². The van der Waals surface area contributed by atoms with E-state index in [0.29, 0.717) is 0 Å². The van der Waals surface area contributed by atoms with Crippen molar-refractivity contribution in [3.63, 3.8) is 0 Å². The summed E-state index contributed by atoms with van der Waals surface area (Å²) in [7, 11) is 1.85. The van der Waals surface area contributed by atoms with E-state index in [1.54, 1.807) is 6.20 Å². The molecule has 1 aromatic carbocycles. The Labute approximate surface area is 76.8 Å². The molecule has 2 rings (SSSR count). The molecular formula is C10H11N3. The Balaban J connectivity index is 2.79. The molecule has 1 N–H and O–H groups in total. The number of fused-ring (bicyclic) bond motifs is 1. The van der Waals surface area contributed by atoms with Gasteiger partial charge in [-0.2, -0.15) is 5.10 Å². The van der Waals surface area contributed by atoms with Crippen molar-refractivity contribution >= 4 is 16.6 Å². The standard InChI is InChI=1S/C10H11N3/c1-7-3-4-8-6-12-13-10(11-2)9(8)5-7/h3-6H,1-2H3,(H,11,13). The first-order valence-corrected chi connectivity index (χ1v) is 4.21. The van der Waals surface area contributed by atoms with Gasteiger partial charge in [-0.1, -0.05) is 17.7 Å². The maximum Gasteiger partial charge on any atom is 0.156 e. The molecule has 0 saturated carbocycles. The van der Waals surface area contributed by atoms with Crippen LogP contribution in [0.25, 0.3) is 10.8 Å². The number of hydrogen-bond acceptors (Lipinski definition) is 3. The topological polar surface area (TPSA) is 37.8 Å². The van der Waals surface area contributed by atoms with E-state index >= 15 is 0 Å². The minimum absolute atomic E-state index is 0.834. The van der Waals surface area contributed by atoms with Crippen LogP contribution in [0.3, 0.4) is 0 Å². The highest BCUT2D eigenvalue weighted by atomic mass is 15.2. The molecule has 66 valence electrons. The fourth-order valence-electron chi connectivity index (χ4n) is 1.38. The number of nitrogens with one attached hydrogen (secondary N) is 1. The van der Waals surface area contributed by atoms with Gasteiger partial charge in [0, 0.05) is 17.8 Å². The normalized spacial score (nSPS) is 10.3. The summed E-state index contributed by atoms with van der Waals surface area (Å²) in [5.41, 5.74) is 1.23. The molecule has 1 aromatic heterocycles. The number of anilines is 1. The zero-order chi connectivity index (χ0) is 9.26. The molecular weight excluding hydrogens is 162 g/mol. The lowest BCUT2D eigenvalue weighted by Crippen LogP contribution is -1.95. The summed E-state index contributed by atoms with van der Waals surface area (Å²) < 4.78 is 0. The number of hydrogen-bond donors (Lipinski definition) is 1. The first-order valence-electron chi connectivity index (χ1n) is 4.21. The smallest absolute Gasteiger partial charge is 0.156 e. The van der Waals surface area contributed by atoms with Gasteiger partial charge in [0.2, 0.25) is 0 Å². The highest BCUT2D eigenvalue weighted by Crippen LogP contribution is 2.20. The molecule has 0 unspecified atom stereocenters. The van der Waals surface area contributed by atoms with E-state index in [2.05, 4.69) is 40.6 Å². The molecule has 0 aliphatic heterocycles. The summed E-state index contributed by atoms with van der Waals surface area (Å²) in [6.45, 7) is 2.07. The van der Waals surface area contributed by atoms with Crippen molar-refractivity contribution in [2.24, 2.45) is 0 Å². The van der Waals surface area contributed by atoms with Gasteiger partial charge in [-0.15, -0.1) is 5.10 Å². The molecule has 2 aromatic rings. The second-order valence-corrected chi connectivity index (χ2v) is 3.03. The Morgan fingerprint density at radius 2 is 2.15 bits per heavy atom. The van der Waals surface area contributed by atoms with Crippen LogP contribution in [0.4, 0.5) is 5.82 Å². The summed E-state index contributed by atoms with van der Waals surface area (Å²) in [6, 6.07) is 6.24. The van der Waals surface area contributed by atoms with Crippen LogP contribution in [0.15, 0.2) is 24.4 Å². The lowest BCUT2D eigenvalue weighted by atomic mass is 10.1. The number of nitrogens with zero attached hydrogens (tertiary/aromatic N) is 2. The van der Waals surface area contributed by atoms with Crippen molar-refractivity contribution in [2.45, 2.75) is 6.92 Å². The Morgan fingerprint density at radius 1 is 1.31 bits per heavy atom. The van der Waals surface area contributed by atoms with Gasteiger partial charge in [0.1, 0.15) is 0 Å². The van der Waals surface area contributed by atoms with Crippen molar-refractivity contribution in [1.82, 2.24) is 10.2 Å². The van der Waals surface area contributed by atoms with Crippen LogP contribution in [0.5, 0.6) is 0 Å². The third-order valence-corrected chi connectivity index (χ3v) is 2.06. The first-order chi connectivity index (χ1) is 6.31. The largest absolute Gasteiger partial charge is 0.371 e. The molecule has 0 aliphatic rings. The lowest BCUT2D eigenvalue weighted by Gasteiger charge is -2.03. The number of benzene rings is 1. The molecule has 13 heavy (non-hydrogen) atoms. The molecule has 0 bridgehead atoms. The third kappa shape index (κ3) is 1.33. The average Bonchev–Trinajstić information content (AvgIpc) is 2.17. The predicted octanol–water partition coefficient (Wildman–Crippen LogP) is 1.98. The molecule has 0 atom stereocenters. The molecule has 0 amide bonds. The summed E-state index contributed by atoms with van der Waals surface area (Å²) in [6.07, 6.45) is 1.77. The maximum atomic E-state index is 4.01. The van der Waals surface area contributed by atoms with E-state index in [1.165, 1.54) is 5.56 Å². The number of aromatic nitrogens is 2. The van der Waals surface area contributed by atoms with Crippen molar-refractivity contribution in [1.29, 1.82) is 0 Å². The van der Waals surface area contributed by atoms with E-state index in [1.807, 2.05) is 7.05 Å². The van der Waals surface area contributed by atoms with Gasteiger partial charge >= 0.3 is 0 Å². The zero-order valence-corrected chi connectivity index (χ0v) is 7.70. The SMILES string of the molecule is CNc1nncc2ccc(C)cc12. The molecule has 3 nitrogen and oxygen atoms in total. The average molecular weight is 173 g/mol. The zero-order valence-electron chi connectivity index (χ0n) is 7.70. The Bertz CT molecular complexity index is 437. The van der Waals surface area contributed by atoms with Gasteiger partial charge in [-0.3, -0.25) is 0 Å². The fraction of sp³-hybridized carbons (Fsp3) is 0.200.